The Bertz CT molecular complexity index is 700. The first-order chi connectivity index (χ1) is 11.5. The van der Waals surface area contributed by atoms with E-state index in [0.717, 1.165) is 11.1 Å². The summed E-state index contributed by atoms with van der Waals surface area (Å²) in [5.41, 5.74) is 2.54. The fourth-order valence-electron chi connectivity index (χ4n) is 2.23. The number of nitrogens with one attached hydrogen (secondary N) is 1. The van der Waals surface area contributed by atoms with E-state index in [4.69, 9.17) is 9.47 Å². The van der Waals surface area contributed by atoms with Crippen LogP contribution in [0.3, 0.4) is 0 Å². The highest BCUT2D eigenvalue weighted by Crippen LogP contribution is 2.18. The molecule has 5 heteroatoms. The number of hydrogen-bond acceptors (Lipinski definition) is 4. The fraction of sp³-hybridized carbons (Fsp3) is 0.316. The summed E-state index contributed by atoms with van der Waals surface area (Å²) in [5, 5.41) is 12.6. The molecule has 0 aliphatic rings. The van der Waals surface area contributed by atoms with Gasteiger partial charge in [-0.1, -0.05) is 18.2 Å². The van der Waals surface area contributed by atoms with Gasteiger partial charge in [0.25, 0.3) is 5.91 Å². The van der Waals surface area contributed by atoms with Gasteiger partial charge in [0.15, 0.2) is 0 Å². The van der Waals surface area contributed by atoms with Gasteiger partial charge in [0.05, 0.1) is 7.11 Å². The predicted octanol–water partition coefficient (Wildman–Crippen LogP) is 2.48. The molecule has 0 saturated heterocycles. The van der Waals surface area contributed by atoms with Gasteiger partial charge >= 0.3 is 0 Å². The summed E-state index contributed by atoms with van der Waals surface area (Å²) >= 11 is 0. The second kappa shape index (κ2) is 8.36. The summed E-state index contributed by atoms with van der Waals surface area (Å²) in [4.78, 5) is 12.1. The lowest BCUT2D eigenvalue weighted by molar-refractivity contribution is 0.0843. The second-order valence-corrected chi connectivity index (χ2v) is 5.68. The van der Waals surface area contributed by atoms with Crippen LogP contribution < -0.4 is 14.8 Å². The topological polar surface area (TPSA) is 67.8 Å². The van der Waals surface area contributed by atoms with Gasteiger partial charge < -0.3 is 19.9 Å². The van der Waals surface area contributed by atoms with Crippen molar-refractivity contribution in [2.24, 2.45) is 0 Å². The number of benzene rings is 2. The molecule has 1 amide bonds. The number of aryl methyl sites for hydroxylation is 2. The van der Waals surface area contributed by atoms with Crippen LogP contribution in [0.5, 0.6) is 11.5 Å². The van der Waals surface area contributed by atoms with Crippen molar-refractivity contribution in [2.45, 2.75) is 20.0 Å². The average Bonchev–Trinajstić information content (AvgIpc) is 2.58. The lowest BCUT2D eigenvalue weighted by atomic mass is 10.1. The van der Waals surface area contributed by atoms with Crippen LogP contribution in [0.25, 0.3) is 0 Å². The molecule has 0 unspecified atom stereocenters. The maximum Gasteiger partial charge on any atom is 0.251 e. The Kier molecular flexibility index (Phi) is 6.21. The summed E-state index contributed by atoms with van der Waals surface area (Å²) < 4.78 is 10.7. The predicted molar refractivity (Wildman–Crippen MR) is 92.7 cm³/mol. The first kappa shape index (κ1) is 17.8. The van der Waals surface area contributed by atoms with Gasteiger partial charge in [-0.25, -0.2) is 0 Å². The number of methoxy groups -OCH3 is 1. The summed E-state index contributed by atoms with van der Waals surface area (Å²) in [6.07, 6.45) is -0.790. The molecule has 1 atom stereocenters. The van der Waals surface area contributed by atoms with E-state index in [1.807, 2.05) is 44.2 Å². The van der Waals surface area contributed by atoms with Gasteiger partial charge in [0.1, 0.15) is 24.2 Å². The van der Waals surface area contributed by atoms with Crippen molar-refractivity contribution in [3.8, 4) is 11.5 Å². The highest BCUT2D eigenvalue weighted by Gasteiger charge is 2.11. The number of aliphatic hydroxyl groups is 1. The lowest BCUT2D eigenvalue weighted by Crippen LogP contribution is -2.35. The molecule has 0 aromatic heterocycles. The Hall–Kier alpha value is -2.53. The number of ether oxygens (including phenoxy) is 2. The van der Waals surface area contributed by atoms with Crippen LogP contribution >= 0.6 is 0 Å². The van der Waals surface area contributed by atoms with Crippen LogP contribution in [0.1, 0.15) is 21.5 Å². The van der Waals surface area contributed by atoms with E-state index in [1.165, 1.54) is 0 Å². The van der Waals surface area contributed by atoms with Crippen LogP contribution in [0.4, 0.5) is 0 Å². The number of carbonyl (C=O) groups is 1. The molecule has 0 bridgehead atoms. The van der Waals surface area contributed by atoms with Crippen molar-refractivity contribution in [3.63, 3.8) is 0 Å². The molecule has 5 nitrogen and oxygen atoms in total. The minimum Gasteiger partial charge on any atom is -0.496 e. The van der Waals surface area contributed by atoms with Crippen molar-refractivity contribution in [2.75, 3.05) is 20.3 Å². The van der Waals surface area contributed by atoms with Crippen molar-refractivity contribution in [1.29, 1.82) is 0 Å². The minimum atomic E-state index is -0.790. The van der Waals surface area contributed by atoms with E-state index in [0.29, 0.717) is 17.1 Å². The molecule has 0 heterocycles. The molecule has 2 aromatic rings. The van der Waals surface area contributed by atoms with Gasteiger partial charge in [0.2, 0.25) is 0 Å². The van der Waals surface area contributed by atoms with Crippen LogP contribution in [-0.2, 0) is 0 Å². The van der Waals surface area contributed by atoms with Crippen LogP contribution in [-0.4, -0.2) is 37.4 Å². The molecule has 0 radical (unpaired) electrons. The van der Waals surface area contributed by atoms with Gasteiger partial charge in [-0.3, -0.25) is 4.79 Å². The van der Waals surface area contributed by atoms with Gasteiger partial charge in [-0.2, -0.15) is 0 Å². The third-order valence-corrected chi connectivity index (χ3v) is 3.60. The normalized spacial score (nSPS) is 11.7. The first-order valence-corrected chi connectivity index (χ1v) is 7.80. The minimum absolute atomic E-state index is 0.112. The van der Waals surface area contributed by atoms with E-state index in [9.17, 15) is 9.90 Å². The lowest BCUT2D eigenvalue weighted by Gasteiger charge is -2.14. The Morgan fingerprint density at radius 1 is 1.21 bits per heavy atom. The number of aliphatic hydroxyl groups excluding tert-OH is 1. The molecule has 0 saturated carbocycles. The monoisotopic (exact) mass is 329 g/mol. The molecule has 0 aliphatic heterocycles. The Labute approximate surface area is 142 Å². The third kappa shape index (κ3) is 4.99. The smallest absolute Gasteiger partial charge is 0.251 e. The molecule has 128 valence electrons. The SMILES string of the molecule is COc1cc(C(=O)NC[C@H](O)COc2cccc(C)c2)ccc1C. The Morgan fingerprint density at radius 3 is 2.71 bits per heavy atom. The van der Waals surface area contributed by atoms with E-state index < -0.39 is 6.10 Å². The summed E-state index contributed by atoms with van der Waals surface area (Å²) in [6, 6.07) is 12.8. The maximum absolute atomic E-state index is 12.1. The van der Waals surface area contributed by atoms with Crippen molar-refractivity contribution >= 4 is 5.91 Å². The quantitative estimate of drug-likeness (QED) is 0.819. The van der Waals surface area contributed by atoms with E-state index in [1.54, 1.807) is 19.2 Å². The van der Waals surface area contributed by atoms with Crippen molar-refractivity contribution in [1.82, 2.24) is 5.32 Å². The zero-order valence-electron chi connectivity index (χ0n) is 14.2. The van der Waals surface area contributed by atoms with Gasteiger partial charge in [-0.05, 0) is 49.2 Å². The van der Waals surface area contributed by atoms with Crippen molar-refractivity contribution < 1.29 is 19.4 Å². The van der Waals surface area contributed by atoms with Crippen LogP contribution in [0.2, 0.25) is 0 Å². The molecule has 24 heavy (non-hydrogen) atoms. The molecule has 0 spiro atoms. The fourth-order valence-corrected chi connectivity index (χ4v) is 2.23. The number of carbonyl (C=O) groups excluding carboxylic acids is 1. The molecule has 2 N–H and O–H groups in total. The molecular weight excluding hydrogens is 306 g/mol. The van der Waals surface area contributed by atoms with Crippen molar-refractivity contribution in [3.05, 3.63) is 59.2 Å². The van der Waals surface area contributed by atoms with E-state index >= 15 is 0 Å². The largest absolute Gasteiger partial charge is 0.496 e. The molecule has 2 aromatic carbocycles. The van der Waals surface area contributed by atoms with E-state index in [2.05, 4.69) is 5.32 Å². The Balaban J connectivity index is 1.82. The third-order valence-electron chi connectivity index (χ3n) is 3.60. The number of amides is 1. The maximum atomic E-state index is 12.1. The highest BCUT2D eigenvalue weighted by atomic mass is 16.5. The van der Waals surface area contributed by atoms with Gasteiger partial charge in [-0.15, -0.1) is 0 Å². The zero-order valence-corrected chi connectivity index (χ0v) is 14.2. The van der Waals surface area contributed by atoms with Gasteiger partial charge in [0, 0.05) is 12.1 Å². The molecule has 0 fully saturated rings. The standard InChI is InChI=1S/C19H23NO4/c1-13-5-4-6-17(9-13)24-12-16(21)11-20-19(22)15-8-7-14(2)18(10-15)23-3/h4-10,16,21H,11-12H2,1-3H3,(H,20,22)/t16-/m0/s1. The second-order valence-electron chi connectivity index (χ2n) is 5.68. The van der Waals surface area contributed by atoms with E-state index in [-0.39, 0.29) is 19.1 Å². The molecular formula is C19H23NO4. The van der Waals surface area contributed by atoms with Crippen LogP contribution in [0, 0.1) is 13.8 Å². The zero-order chi connectivity index (χ0) is 17.5. The molecule has 0 aliphatic carbocycles. The molecule has 2 rings (SSSR count). The summed E-state index contributed by atoms with van der Waals surface area (Å²) in [6.45, 7) is 4.11. The van der Waals surface area contributed by atoms with Crippen LogP contribution in [0.15, 0.2) is 42.5 Å². The summed E-state index contributed by atoms with van der Waals surface area (Å²) in [5.74, 6) is 1.09. The number of rotatable bonds is 7. The summed E-state index contributed by atoms with van der Waals surface area (Å²) in [7, 11) is 1.57. The number of hydrogen-bond donors (Lipinski definition) is 2. The highest BCUT2D eigenvalue weighted by molar-refractivity contribution is 5.94. The average molecular weight is 329 g/mol. The Morgan fingerprint density at radius 2 is 2.00 bits per heavy atom. The first-order valence-electron chi connectivity index (χ1n) is 7.80.